The van der Waals surface area contributed by atoms with Crippen molar-refractivity contribution < 1.29 is 9.21 Å². The summed E-state index contributed by atoms with van der Waals surface area (Å²) in [6.07, 6.45) is 1.59. The molecule has 0 aliphatic carbocycles. The number of rotatable bonds is 8. The number of fused-ring (bicyclic) bond motifs is 1. The van der Waals surface area contributed by atoms with E-state index in [0.29, 0.717) is 18.2 Å². The third kappa shape index (κ3) is 4.58. The van der Waals surface area contributed by atoms with Gasteiger partial charge in [0.15, 0.2) is 11.0 Å². The minimum Gasteiger partial charge on any atom is -0.467 e. The number of amides is 1. The maximum absolute atomic E-state index is 12.3. The van der Waals surface area contributed by atoms with Crippen molar-refractivity contribution in [3.8, 4) is 22.6 Å². The van der Waals surface area contributed by atoms with Gasteiger partial charge in [-0.15, -0.1) is 10.2 Å². The minimum atomic E-state index is -0.0886. The van der Waals surface area contributed by atoms with Crippen LogP contribution in [-0.4, -0.2) is 31.4 Å². The summed E-state index contributed by atoms with van der Waals surface area (Å²) in [5.74, 6) is 1.63. The summed E-state index contributed by atoms with van der Waals surface area (Å²) in [7, 11) is 0. The summed E-state index contributed by atoms with van der Waals surface area (Å²) < 4.78 is 7.30. The zero-order valence-electron chi connectivity index (χ0n) is 18.6. The molecule has 0 saturated heterocycles. The van der Waals surface area contributed by atoms with Gasteiger partial charge in [-0.05, 0) is 31.2 Å². The summed E-state index contributed by atoms with van der Waals surface area (Å²) in [5.41, 5.74) is 3.79. The van der Waals surface area contributed by atoms with E-state index in [4.69, 9.17) is 9.40 Å². The molecule has 0 atom stereocenters. The van der Waals surface area contributed by atoms with Gasteiger partial charge in [0.05, 0.1) is 29.8 Å². The third-order valence-corrected chi connectivity index (χ3v) is 6.40. The van der Waals surface area contributed by atoms with Gasteiger partial charge in [0, 0.05) is 23.1 Å². The van der Waals surface area contributed by atoms with Crippen molar-refractivity contribution in [2.75, 3.05) is 5.75 Å². The van der Waals surface area contributed by atoms with E-state index >= 15 is 0 Å². The summed E-state index contributed by atoms with van der Waals surface area (Å²) >= 11 is 1.37. The van der Waals surface area contributed by atoms with Crippen LogP contribution in [0.15, 0.2) is 88.6 Å². The molecule has 5 aromatic rings. The molecule has 0 radical (unpaired) electrons. The van der Waals surface area contributed by atoms with Crippen molar-refractivity contribution in [1.29, 1.82) is 0 Å². The maximum atomic E-state index is 12.3. The number of hydrogen-bond donors (Lipinski definition) is 1. The second kappa shape index (κ2) is 9.93. The van der Waals surface area contributed by atoms with Crippen molar-refractivity contribution in [1.82, 2.24) is 25.1 Å². The Bertz CT molecular complexity index is 1410. The molecule has 1 N–H and O–H groups in total. The smallest absolute Gasteiger partial charge is 0.230 e. The lowest BCUT2D eigenvalue weighted by molar-refractivity contribution is -0.118. The molecule has 2 aromatic carbocycles. The molecule has 8 heteroatoms. The fraction of sp³-hybridized carbons (Fsp3) is 0.154. The van der Waals surface area contributed by atoms with Gasteiger partial charge in [-0.3, -0.25) is 4.79 Å². The fourth-order valence-corrected chi connectivity index (χ4v) is 4.61. The number of pyridine rings is 1. The van der Waals surface area contributed by atoms with Crippen LogP contribution < -0.4 is 5.32 Å². The Kier molecular flexibility index (Phi) is 6.40. The van der Waals surface area contributed by atoms with Crippen LogP contribution in [0.1, 0.15) is 12.7 Å². The molecule has 34 heavy (non-hydrogen) atoms. The van der Waals surface area contributed by atoms with Gasteiger partial charge < -0.3 is 14.3 Å². The lowest BCUT2D eigenvalue weighted by Crippen LogP contribution is -2.24. The van der Waals surface area contributed by atoms with E-state index in [9.17, 15) is 4.79 Å². The van der Waals surface area contributed by atoms with Crippen molar-refractivity contribution in [2.45, 2.75) is 25.2 Å². The van der Waals surface area contributed by atoms with Gasteiger partial charge in [-0.2, -0.15) is 0 Å². The van der Waals surface area contributed by atoms with Crippen molar-refractivity contribution in [2.24, 2.45) is 0 Å². The largest absolute Gasteiger partial charge is 0.467 e. The molecular formula is C26H23N5O2S. The molecule has 0 unspecified atom stereocenters. The highest BCUT2D eigenvalue weighted by molar-refractivity contribution is 7.99. The van der Waals surface area contributed by atoms with E-state index in [1.165, 1.54) is 11.8 Å². The van der Waals surface area contributed by atoms with E-state index in [2.05, 4.69) is 34.6 Å². The molecular weight excluding hydrogens is 446 g/mol. The van der Waals surface area contributed by atoms with Crippen molar-refractivity contribution in [3.63, 3.8) is 0 Å². The molecule has 0 spiro atoms. The summed E-state index contributed by atoms with van der Waals surface area (Å²) in [4.78, 5) is 17.2. The normalized spacial score (nSPS) is 11.1. The molecule has 5 rings (SSSR count). The Labute approximate surface area is 201 Å². The van der Waals surface area contributed by atoms with E-state index in [-0.39, 0.29) is 11.7 Å². The third-order valence-electron chi connectivity index (χ3n) is 5.43. The average Bonchev–Trinajstić information content (AvgIpc) is 3.56. The van der Waals surface area contributed by atoms with Crippen molar-refractivity contribution >= 4 is 28.6 Å². The molecule has 0 aliphatic rings. The number of carbonyl (C=O) groups is 1. The van der Waals surface area contributed by atoms with Crippen LogP contribution in [-0.2, 0) is 17.9 Å². The second-order valence-electron chi connectivity index (χ2n) is 7.63. The Balaban J connectivity index is 1.44. The van der Waals surface area contributed by atoms with Gasteiger partial charge >= 0.3 is 0 Å². The summed E-state index contributed by atoms with van der Waals surface area (Å²) in [6, 6.07) is 23.9. The molecule has 170 valence electrons. The lowest BCUT2D eigenvalue weighted by Gasteiger charge is -2.12. The van der Waals surface area contributed by atoms with Crippen LogP contribution in [0.5, 0.6) is 0 Å². The first-order chi connectivity index (χ1) is 16.7. The van der Waals surface area contributed by atoms with Crippen molar-refractivity contribution in [3.05, 3.63) is 84.8 Å². The van der Waals surface area contributed by atoms with E-state index in [0.717, 1.165) is 39.3 Å². The maximum Gasteiger partial charge on any atom is 0.230 e. The molecule has 3 aromatic heterocycles. The van der Waals surface area contributed by atoms with E-state index in [1.807, 2.05) is 59.2 Å². The van der Waals surface area contributed by atoms with Gasteiger partial charge in [0.1, 0.15) is 5.76 Å². The van der Waals surface area contributed by atoms with Crippen LogP contribution in [0, 0.1) is 0 Å². The standard InChI is InChI=1S/C26H23N5O2S/c1-2-31-25(29-30-26(31)34-17-24(32)27-16-19-11-8-14-33-19)21-15-23(18-9-4-3-5-10-18)28-22-13-7-6-12-20(21)22/h3-15H,2,16-17H2,1H3,(H,27,32). The Morgan fingerprint density at radius 3 is 2.65 bits per heavy atom. The molecule has 0 bridgehead atoms. The van der Waals surface area contributed by atoms with E-state index < -0.39 is 0 Å². The van der Waals surface area contributed by atoms with Crippen LogP contribution in [0.4, 0.5) is 0 Å². The van der Waals surface area contributed by atoms with Gasteiger partial charge in [-0.1, -0.05) is 60.3 Å². The van der Waals surface area contributed by atoms with Crippen LogP contribution in [0.3, 0.4) is 0 Å². The Morgan fingerprint density at radius 1 is 1.03 bits per heavy atom. The zero-order valence-corrected chi connectivity index (χ0v) is 19.5. The van der Waals surface area contributed by atoms with Crippen LogP contribution in [0.2, 0.25) is 0 Å². The highest BCUT2D eigenvalue weighted by Crippen LogP contribution is 2.32. The quantitative estimate of drug-likeness (QED) is 0.315. The zero-order chi connectivity index (χ0) is 23.3. The first-order valence-corrected chi connectivity index (χ1v) is 12.0. The Morgan fingerprint density at radius 2 is 1.85 bits per heavy atom. The molecule has 1 amide bonds. The first kappa shape index (κ1) is 21.9. The SMILES string of the molecule is CCn1c(SCC(=O)NCc2ccco2)nnc1-c1cc(-c2ccccc2)nc2ccccc12. The van der Waals surface area contributed by atoms with Crippen LogP contribution >= 0.6 is 11.8 Å². The van der Waals surface area contributed by atoms with Gasteiger partial charge in [0.25, 0.3) is 0 Å². The number of nitrogens with one attached hydrogen (secondary N) is 1. The first-order valence-electron chi connectivity index (χ1n) is 11.0. The predicted molar refractivity (Wildman–Crippen MR) is 133 cm³/mol. The minimum absolute atomic E-state index is 0.0886. The number of carbonyl (C=O) groups excluding carboxylic acids is 1. The molecule has 0 aliphatic heterocycles. The summed E-state index contributed by atoms with van der Waals surface area (Å²) in [6.45, 7) is 3.09. The molecule has 0 fully saturated rings. The Hall–Kier alpha value is -3.91. The molecule has 3 heterocycles. The number of furan rings is 1. The predicted octanol–water partition coefficient (Wildman–Crippen LogP) is 5.18. The fourth-order valence-electron chi connectivity index (χ4n) is 3.78. The highest BCUT2D eigenvalue weighted by Gasteiger charge is 2.18. The topological polar surface area (TPSA) is 85.8 Å². The number of hydrogen-bond acceptors (Lipinski definition) is 6. The lowest BCUT2D eigenvalue weighted by atomic mass is 10.0. The van der Waals surface area contributed by atoms with E-state index in [1.54, 1.807) is 12.3 Å². The van der Waals surface area contributed by atoms with Crippen LogP contribution in [0.25, 0.3) is 33.5 Å². The average molecular weight is 470 g/mol. The monoisotopic (exact) mass is 469 g/mol. The molecule has 7 nitrogen and oxygen atoms in total. The number of benzene rings is 2. The summed E-state index contributed by atoms with van der Waals surface area (Å²) in [5, 5.41) is 13.5. The highest BCUT2D eigenvalue weighted by atomic mass is 32.2. The van der Waals surface area contributed by atoms with Gasteiger partial charge in [-0.25, -0.2) is 4.98 Å². The van der Waals surface area contributed by atoms with Gasteiger partial charge in [0.2, 0.25) is 5.91 Å². The number of aromatic nitrogens is 4. The second-order valence-corrected chi connectivity index (χ2v) is 8.58. The number of nitrogens with zero attached hydrogens (tertiary/aromatic N) is 4. The number of para-hydroxylation sites is 1. The molecule has 0 saturated carbocycles. The number of thioether (sulfide) groups is 1.